The van der Waals surface area contributed by atoms with Crippen LogP contribution >= 0.6 is 0 Å². The monoisotopic (exact) mass is 358 g/mol. The third kappa shape index (κ3) is 4.14. The van der Waals surface area contributed by atoms with Gasteiger partial charge < -0.3 is 14.0 Å². The third-order valence-electron chi connectivity index (χ3n) is 2.85. The quantitative estimate of drug-likeness (QED) is 0.808. The Labute approximate surface area is 134 Å². The molecule has 0 amide bonds. The highest BCUT2D eigenvalue weighted by atomic mass is 32.2. The van der Waals surface area contributed by atoms with Crippen molar-refractivity contribution in [2.24, 2.45) is 0 Å². The highest BCUT2D eigenvalue weighted by molar-refractivity contribution is 7.90. The maximum atomic E-state index is 12.2. The molecule has 0 fully saturated rings. The van der Waals surface area contributed by atoms with E-state index in [1.807, 2.05) is 0 Å². The lowest BCUT2D eigenvalue weighted by Crippen LogP contribution is -2.10. The Morgan fingerprint density at radius 1 is 0.870 bits per heavy atom. The van der Waals surface area contributed by atoms with Gasteiger partial charge in [0.25, 0.3) is 0 Å². The van der Waals surface area contributed by atoms with Crippen molar-refractivity contribution >= 4 is 20.0 Å². The second-order valence-electron chi connectivity index (χ2n) is 4.65. The van der Waals surface area contributed by atoms with Crippen LogP contribution in [0.1, 0.15) is 0 Å². The first kappa shape index (κ1) is 17.1. The Bertz CT molecular complexity index is 914. The summed E-state index contributed by atoms with van der Waals surface area (Å²) < 4.78 is 56.9. The summed E-state index contributed by atoms with van der Waals surface area (Å²) in [6, 6.07) is 8.31. The van der Waals surface area contributed by atoms with Gasteiger partial charge in [0.05, 0.1) is 12.0 Å². The van der Waals surface area contributed by atoms with Gasteiger partial charge in [0.2, 0.25) is 0 Å². The fourth-order valence-corrected chi connectivity index (χ4v) is 3.30. The first-order valence-corrected chi connectivity index (χ1v) is 9.54. The van der Waals surface area contributed by atoms with E-state index >= 15 is 0 Å². The fourth-order valence-electron chi connectivity index (χ4n) is 1.75. The molecule has 124 valence electrons. The number of methoxy groups -OCH3 is 1. The summed E-state index contributed by atoms with van der Waals surface area (Å²) in [5, 5.41) is 9.50. The van der Waals surface area contributed by atoms with Crippen LogP contribution in [0, 0.1) is 0 Å². The van der Waals surface area contributed by atoms with Gasteiger partial charge in [0.15, 0.2) is 9.84 Å². The van der Waals surface area contributed by atoms with E-state index in [2.05, 4.69) is 0 Å². The maximum absolute atomic E-state index is 12.2. The van der Waals surface area contributed by atoms with Crippen LogP contribution < -0.4 is 8.92 Å². The van der Waals surface area contributed by atoms with Gasteiger partial charge in [-0.2, -0.15) is 8.42 Å². The molecule has 23 heavy (non-hydrogen) atoms. The number of phenols is 1. The molecule has 1 N–H and O–H groups in total. The van der Waals surface area contributed by atoms with Crippen molar-refractivity contribution in [1.82, 2.24) is 0 Å². The summed E-state index contributed by atoms with van der Waals surface area (Å²) in [6.45, 7) is 0. The molecule has 0 aliphatic carbocycles. The van der Waals surface area contributed by atoms with Crippen molar-refractivity contribution in [3.05, 3.63) is 42.5 Å². The second kappa shape index (κ2) is 6.09. The zero-order valence-electron chi connectivity index (χ0n) is 12.3. The number of rotatable bonds is 5. The van der Waals surface area contributed by atoms with Crippen molar-refractivity contribution in [2.45, 2.75) is 9.79 Å². The molecular weight excluding hydrogens is 344 g/mol. The standard InChI is InChI=1S/C14H14O7S2/c1-20-11-7-10(15)8-12(9-11)21-23(18,19)14-5-3-13(4-6-14)22(2,16)17/h3-9,15H,1-2H3. The molecule has 0 bridgehead atoms. The third-order valence-corrected chi connectivity index (χ3v) is 5.24. The van der Waals surface area contributed by atoms with Gasteiger partial charge >= 0.3 is 10.1 Å². The molecule has 0 spiro atoms. The van der Waals surface area contributed by atoms with Gasteiger partial charge in [0, 0.05) is 24.5 Å². The number of hydrogen-bond donors (Lipinski definition) is 1. The number of phenolic OH excluding ortho intramolecular Hbond substituents is 1. The van der Waals surface area contributed by atoms with Crippen LogP contribution in [0.15, 0.2) is 52.3 Å². The van der Waals surface area contributed by atoms with Crippen LogP contribution in [0.2, 0.25) is 0 Å². The number of ether oxygens (including phenoxy) is 1. The number of sulfone groups is 1. The summed E-state index contributed by atoms with van der Waals surface area (Å²) in [5.41, 5.74) is 0. The van der Waals surface area contributed by atoms with Gasteiger partial charge in [-0.25, -0.2) is 8.42 Å². The van der Waals surface area contributed by atoms with Crippen LogP contribution in [0.4, 0.5) is 0 Å². The summed E-state index contributed by atoms with van der Waals surface area (Å²) >= 11 is 0. The molecule has 0 unspecified atom stereocenters. The fraction of sp³-hybridized carbons (Fsp3) is 0.143. The molecule has 0 radical (unpaired) electrons. The summed E-state index contributed by atoms with van der Waals surface area (Å²) in [4.78, 5) is -0.220. The first-order valence-electron chi connectivity index (χ1n) is 6.24. The van der Waals surface area contributed by atoms with Crippen LogP contribution in [0.3, 0.4) is 0 Å². The Hall–Kier alpha value is -2.26. The van der Waals surface area contributed by atoms with Gasteiger partial charge in [-0.1, -0.05) is 0 Å². The van der Waals surface area contributed by atoms with Crippen LogP contribution in [-0.4, -0.2) is 35.3 Å². The lowest BCUT2D eigenvalue weighted by atomic mass is 10.3. The summed E-state index contributed by atoms with van der Waals surface area (Å²) in [6.07, 6.45) is 1.02. The van der Waals surface area contributed by atoms with Gasteiger partial charge in [-0.05, 0) is 24.3 Å². The molecule has 0 aromatic heterocycles. The topological polar surface area (TPSA) is 107 Å². The van der Waals surface area contributed by atoms with E-state index in [0.29, 0.717) is 0 Å². The van der Waals surface area contributed by atoms with E-state index in [0.717, 1.165) is 24.5 Å². The van der Waals surface area contributed by atoms with Crippen LogP contribution in [-0.2, 0) is 20.0 Å². The average molecular weight is 358 g/mol. The number of hydrogen-bond acceptors (Lipinski definition) is 7. The van der Waals surface area contributed by atoms with Crippen LogP contribution in [0.5, 0.6) is 17.2 Å². The van der Waals surface area contributed by atoms with Crippen molar-refractivity contribution in [2.75, 3.05) is 13.4 Å². The Morgan fingerprint density at radius 2 is 1.39 bits per heavy atom. The Kier molecular flexibility index (Phi) is 4.53. The van der Waals surface area contributed by atoms with E-state index in [9.17, 15) is 21.9 Å². The Morgan fingerprint density at radius 3 is 1.91 bits per heavy atom. The van der Waals surface area contributed by atoms with Crippen LogP contribution in [0.25, 0.3) is 0 Å². The smallest absolute Gasteiger partial charge is 0.339 e. The summed E-state index contributed by atoms with van der Waals surface area (Å²) in [5.74, 6) is -0.126. The highest BCUT2D eigenvalue weighted by Crippen LogP contribution is 2.29. The van der Waals surface area contributed by atoms with Crippen molar-refractivity contribution < 1.29 is 30.9 Å². The zero-order valence-corrected chi connectivity index (χ0v) is 13.9. The lowest BCUT2D eigenvalue weighted by molar-refractivity contribution is 0.403. The molecule has 0 aliphatic heterocycles. The molecule has 0 saturated carbocycles. The Balaban J connectivity index is 2.34. The van der Waals surface area contributed by atoms with E-state index in [-0.39, 0.29) is 27.0 Å². The van der Waals surface area contributed by atoms with E-state index < -0.39 is 20.0 Å². The lowest BCUT2D eigenvalue weighted by Gasteiger charge is -2.09. The molecule has 2 rings (SSSR count). The molecule has 0 aliphatic rings. The first-order chi connectivity index (χ1) is 10.6. The SMILES string of the molecule is COc1cc(O)cc(OS(=O)(=O)c2ccc(S(C)(=O)=O)cc2)c1. The van der Waals surface area contributed by atoms with Gasteiger partial charge in [0.1, 0.15) is 22.1 Å². The van der Waals surface area contributed by atoms with E-state index in [1.165, 1.54) is 31.4 Å². The molecule has 0 atom stereocenters. The minimum Gasteiger partial charge on any atom is -0.508 e. The molecular formula is C14H14O7S2. The molecule has 7 nitrogen and oxygen atoms in total. The van der Waals surface area contributed by atoms with E-state index in [4.69, 9.17) is 8.92 Å². The molecule has 2 aromatic carbocycles. The molecule has 9 heteroatoms. The van der Waals surface area contributed by atoms with Crippen molar-refractivity contribution in [3.8, 4) is 17.2 Å². The summed E-state index contributed by atoms with van der Waals surface area (Å²) in [7, 11) is -6.24. The molecule has 2 aromatic rings. The van der Waals surface area contributed by atoms with Gasteiger partial charge in [-0.15, -0.1) is 0 Å². The maximum Gasteiger partial charge on any atom is 0.339 e. The van der Waals surface area contributed by atoms with Crippen molar-refractivity contribution in [1.29, 1.82) is 0 Å². The predicted octanol–water partition coefficient (Wildman–Crippen LogP) is 1.57. The largest absolute Gasteiger partial charge is 0.508 e. The minimum atomic E-state index is -4.18. The minimum absolute atomic E-state index is 0.00419. The average Bonchev–Trinajstić information content (AvgIpc) is 2.45. The highest BCUT2D eigenvalue weighted by Gasteiger charge is 2.18. The second-order valence-corrected chi connectivity index (χ2v) is 8.21. The van der Waals surface area contributed by atoms with Crippen molar-refractivity contribution in [3.63, 3.8) is 0 Å². The zero-order chi connectivity index (χ0) is 17.3. The molecule has 0 heterocycles. The normalized spacial score (nSPS) is 11.9. The van der Waals surface area contributed by atoms with E-state index in [1.54, 1.807) is 0 Å². The van der Waals surface area contributed by atoms with Gasteiger partial charge in [-0.3, -0.25) is 0 Å². The number of benzene rings is 2. The number of aromatic hydroxyl groups is 1. The predicted molar refractivity (Wildman–Crippen MR) is 82.0 cm³/mol. The molecule has 0 saturated heterocycles.